The van der Waals surface area contributed by atoms with E-state index >= 15 is 0 Å². The molecule has 2 fully saturated rings. The molecule has 0 unspecified atom stereocenters. The number of thioether (sulfide) groups is 1. The molecule has 0 N–H and O–H groups in total. The van der Waals surface area contributed by atoms with Crippen molar-refractivity contribution in [2.75, 3.05) is 37.9 Å². The summed E-state index contributed by atoms with van der Waals surface area (Å²) >= 11 is 1.66. The fourth-order valence-electron chi connectivity index (χ4n) is 3.09. The van der Waals surface area contributed by atoms with E-state index < -0.39 is 0 Å². The van der Waals surface area contributed by atoms with Crippen LogP contribution in [0.3, 0.4) is 0 Å². The van der Waals surface area contributed by atoms with Crippen LogP contribution in [0.25, 0.3) is 0 Å². The van der Waals surface area contributed by atoms with E-state index in [0.717, 1.165) is 38.2 Å². The van der Waals surface area contributed by atoms with Crippen molar-refractivity contribution in [3.8, 4) is 0 Å². The van der Waals surface area contributed by atoms with E-state index in [2.05, 4.69) is 0 Å². The number of rotatable bonds is 6. The summed E-state index contributed by atoms with van der Waals surface area (Å²) in [7, 11) is 0. The molecule has 0 saturated carbocycles. The molecule has 0 bridgehead atoms. The Hall–Kier alpha value is -1.01. The van der Waals surface area contributed by atoms with Gasteiger partial charge in [0.25, 0.3) is 5.91 Å². The van der Waals surface area contributed by atoms with Gasteiger partial charge in [0, 0.05) is 36.9 Å². The molecule has 23 heavy (non-hydrogen) atoms. The molecule has 0 aromatic carbocycles. The molecule has 5 nitrogen and oxygen atoms in total. The Labute approximate surface area is 143 Å². The Morgan fingerprint density at radius 3 is 2.78 bits per heavy atom. The topological polar surface area (TPSA) is 49.9 Å². The number of carbonyl (C=O) groups is 2. The Bertz CT molecular complexity index is 461. The molecule has 2 saturated heterocycles. The van der Waals surface area contributed by atoms with Crippen LogP contribution in [0.4, 0.5) is 0 Å². The highest BCUT2D eigenvalue weighted by Crippen LogP contribution is 2.25. The first-order valence-corrected chi connectivity index (χ1v) is 9.65. The van der Waals surface area contributed by atoms with Crippen LogP contribution in [-0.2, 0) is 14.3 Å². The monoisotopic (exact) mass is 340 g/mol. The third-order valence-corrected chi connectivity index (χ3v) is 5.48. The van der Waals surface area contributed by atoms with Crippen molar-refractivity contribution in [1.82, 2.24) is 9.80 Å². The fourth-order valence-corrected chi connectivity index (χ4v) is 4.24. The van der Waals surface area contributed by atoms with Crippen molar-refractivity contribution in [2.45, 2.75) is 39.7 Å². The first-order valence-electron chi connectivity index (χ1n) is 8.50. The van der Waals surface area contributed by atoms with Gasteiger partial charge in [0.1, 0.15) is 6.04 Å². The second kappa shape index (κ2) is 8.73. The highest BCUT2D eigenvalue weighted by atomic mass is 32.2. The van der Waals surface area contributed by atoms with Gasteiger partial charge in [-0.25, -0.2) is 0 Å². The van der Waals surface area contributed by atoms with Crippen molar-refractivity contribution >= 4 is 23.6 Å². The zero-order chi connectivity index (χ0) is 16.8. The lowest BCUT2D eigenvalue weighted by Gasteiger charge is -2.30. The quantitative estimate of drug-likeness (QED) is 0.695. The van der Waals surface area contributed by atoms with Crippen LogP contribution in [0, 0.1) is 5.92 Å². The summed E-state index contributed by atoms with van der Waals surface area (Å²) in [5, 5.41) is 0. The van der Waals surface area contributed by atoms with Crippen LogP contribution < -0.4 is 0 Å². The second-order valence-electron chi connectivity index (χ2n) is 6.19. The highest BCUT2D eigenvalue weighted by molar-refractivity contribution is 7.99. The molecule has 6 heteroatoms. The van der Waals surface area contributed by atoms with Crippen LogP contribution in [-0.4, -0.2) is 65.6 Å². The molecule has 2 rings (SSSR count). The van der Waals surface area contributed by atoms with Gasteiger partial charge in [-0.05, 0) is 26.7 Å². The van der Waals surface area contributed by atoms with Crippen LogP contribution in [0.1, 0.15) is 33.6 Å². The highest BCUT2D eigenvalue weighted by Gasteiger charge is 2.37. The lowest BCUT2D eigenvalue weighted by atomic mass is 10.1. The normalized spacial score (nSPS) is 25.0. The van der Waals surface area contributed by atoms with Crippen LogP contribution in [0.15, 0.2) is 11.6 Å². The zero-order valence-electron chi connectivity index (χ0n) is 14.4. The Morgan fingerprint density at radius 1 is 1.39 bits per heavy atom. The first-order chi connectivity index (χ1) is 11.1. The van der Waals surface area contributed by atoms with Crippen LogP contribution in [0.5, 0.6) is 0 Å². The smallest absolute Gasteiger partial charge is 0.250 e. The number of nitrogens with zero attached hydrogens (tertiary/aromatic N) is 2. The SMILES string of the molecule is CC/C=C(/C)C(=O)N1CSC[C@@H]1C(=O)N(CC)C[C@H]1CCOC1. The lowest BCUT2D eigenvalue weighted by Crippen LogP contribution is -2.50. The number of ether oxygens (including phenoxy) is 1. The summed E-state index contributed by atoms with van der Waals surface area (Å²) < 4.78 is 5.41. The maximum absolute atomic E-state index is 12.9. The number of likely N-dealkylation sites (N-methyl/N-ethyl adjacent to an activating group) is 1. The minimum atomic E-state index is -0.324. The average Bonchev–Trinajstić information content (AvgIpc) is 3.22. The molecule has 0 spiro atoms. The first kappa shape index (κ1) is 18.3. The van der Waals surface area contributed by atoms with E-state index in [0.29, 0.717) is 24.1 Å². The van der Waals surface area contributed by atoms with Gasteiger partial charge < -0.3 is 14.5 Å². The van der Waals surface area contributed by atoms with Crippen LogP contribution in [0.2, 0.25) is 0 Å². The molecule has 0 radical (unpaired) electrons. The Balaban J connectivity index is 2.03. The molecule has 2 heterocycles. The maximum Gasteiger partial charge on any atom is 0.250 e. The molecule has 2 aliphatic heterocycles. The Kier molecular flexibility index (Phi) is 6.96. The summed E-state index contributed by atoms with van der Waals surface area (Å²) in [5.74, 6) is 1.81. The lowest BCUT2D eigenvalue weighted by molar-refractivity contribution is -0.142. The zero-order valence-corrected chi connectivity index (χ0v) is 15.2. The minimum Gasteiger partial charge on any atom is -0.381 e. The van der Waals surface area contributed by atoms with Crippen molar-refractivity contribution < 1.29 is 14.3 Å². The molecule has 2 amide bonds. The van der Waals surface area contributed by atoms with E-state index in [4.69, 9.17) is 4.74 Å². The summed E-state index contributed by atoms with van der Waals surface area (Å²) in [4.78, 5) is 29.1. The minimum absolute atomic E-state index is 0.00421. The number of allylic oxidation sites excluding steroid dienone is 1. The van der Waals surface area contributed by atoms with Crippen molar-refractivity contribution in [3.05, 3.63) is 11.6 Å². The standard InChI is InChI=1S/C17H28N2O3S/c1-4-6-13(3)16(20)19-12-23-11-15(19)17(21)18(5-2)9-14-7-8-22-10-14/h6,14-15H,4-5,7-12H2,1-3H3/b13-6-/t14-,15-/m1/s1. The molecule has 130 valence electrons. The van der Waals surface area contributed by atoms with Crippen molar-refractivity contribution in [1.29, 1.82) is 0 Å². The van der Waals surface area contributed by atoms with E-state index in [-0.39, 0.29) is 17.9 Å². The Morgan fingerprint density at radius 2 is 2.17 bits per heavy atom. The average molecular weight is 340 g/mol. The van der Waals surface area contributed by atoms with Gasteiger partial charge in [-0.2, -0.15) is 0 Å². The fraction of sp³-hybridized carbons (Fsp3) is 0.765. The van der Waals surface area contributed by atoms with Crippen LogP contribution >= 0.6 is 11.8 Å². The van der Waals surface area contributed by atoms with Gasteiger partial charge in [-0.3, -0.25) is 9.59 Å². The summed E-state index contributed by atoms with van der Waals surface area (Å²) in [6.07, 6.45) is 3.78. The molecule has 0 aromatic rings. The van der Waals surface area contributed by atoms with Gasteiger partial charge in [0.2, 0.25) is 5.91 Å². The van der Waals surface area contributed by atoms with Gasteiger partial charge in [-0.15, -0.1) is 11.8 Å². The summed E-state index contributed by atoms with van der Waals surface area (Å²) in [6.45, 7) is 8.81. The molecular formula is C17H28N2O3S. The second-order valence-corrected chi connectivity index (χ2v) is 7.19. The van der Waals surface area contributed by atoms with Gasteiger partial charge in [0.15, 0.2) is 0 Å². The molecule has 0 aliphatic carbocycles. The van der Waals surface area contributed by atoms with Gasteiger partial charge >= 0.3 is 0 Å². The number of hydrogen-bond donors (Lipinski definition) is 0. The predicted molar refractivity (Wildman–Crippen MR) is 93.2 cm³/mol. The number of hydrogen-bond acceptors (Lipinski definition) is 4. The molecule has 2 atom stereocenters. The van der Waals surface area contributed by atoms with E-state index in [1.807, 2.05) is 31.7 Å². The molecule has 2 aliphatic rings. The van der Waals surface area contributed by atoms with Gasteiger partial charge in [-0.1, -0.05) is 13.0 Å². The molecule has 0 aromatic heterocycles. The van der Waals surface area contributed by atoms with Gasteiger partial charge in [0.05, 0.1) is 12.5 Å². The summed E-state index contributed by atoms with van der Waals surface area (Å²) in [6, 6.07) is -0.324. The predicted octanol–water partition coefficient (Wildman–Crippen LogP) is 2.13. The third kappa shape index (κ3) is 4.51. The number of amides is 2. The maximum atomic E-state index is 12.9. The van der Waals surface area contributed by atoms with Crippen molar-refractivity contribution in [3.63, 3.8) is 0 Å². The van der Waals surface area contributed by atoms with E-state index in [9.17, 15) is 9.59 Å². The number of carbonyl (C=O) groups excluding carboxylic acids is 2. The van der Waals surface area contributed by atoms with E-state index in [1.165, 1.54) is 0 Å². The van der Waals surface area contributed by atoms with E-state index in [1.54, 1.807) is 16.7 Å². The third-order valence-electron chi connectivity index (χ3n) is 4.47. The molecular weight excluding hydrogens is 312 g/mol. The largest absolute Gasteiger partial charge is 0.381 e. The van der Waals surface area contributed by atoms with Crippen molar-refractivity contribution in [2.24, 2.45) is 5.92 Å². The summed E-state index contributed by atoms with van der Waals surface area (Å²) in [5.41, 5.74) is 0.736.